The highest BCUT2D eigenvalue weighted by molar-refractivity contribution is 6.31. The Morgan fingerprint density at radius 2 is 1.97 bits per heavy atom. The Morgan fingerprint density at radius 3 is 2.78 bits per heavy atom. The summed E-state index contributed by atoms with van der Waals surface area (Å²) < 4.78 is 7.37. The van der Waals surface area contributed by atoms with Gasteiger partial charge in [0.05, 0.1) is 18.8 Å². The molecule has 0 radical (unpaired) electrons. The van der Waals surface area contributed by atoms with Gasteiger partial charge in [0, 0.05) is 21.8 Å². The van der Waals surface area contributed by atoms with Gasteiger partial charge in [0.25, 0.3) is 5.91 Å². The quantitative estimate of drug-likeness (QED) is 0.448. The predicted octanol–water partition coefficient (Wildman–Crippen LogP) is 5.36. The lowest BCUT2D eigenvalue weighted by molar-refractivity contribution is 0.0931. The minimum Gasteiger partial charge on any atom is -0.360 e. The number of benzene rings is 2. The Balaban J connectivity index is 1.40. The summed E-state index contributed by atoms with van der Waals surface area (Å²) in [5.41, 5.74) is 5.13. The minimum atomic E-state index is -0.181. The van der Waals surface area contributed by atoms with Gasteiger partial charge in [0.1, 0.15) is 17.0 Å². The van der Waals surface area contributed by atoms with Crippen LogP contribution in [0.2, 0.25) is 5.02 Å². The number of nitrogens with zero attached hydrogens (tertiary/aromatic N) is 3. The van der Waals surface area contributed by atoms with Crippen LogP contribution in [0.25, 0.3) is 11.3 Å². The van der Waals surface area contributed by atoms with E-state index in [0.29, 0.717) is 23.6 Å². The van der Waals surface area contributed by atoms with Crippen LogP contribution in [0, 0.1) is 6.92 Å². The molecule has 0 unspecified atom stereocenters. The maximum Gasteiger partial charge on any atom is 0.257 e. The van der Waals surface area contributed by atoms with Crippen LogP contribution in [0.3, 0.4) is 0 Å². The first-order valence-corrected chi connectivity index (χ1v) is 11.1. The van der Waals surface area contributed by atoms with E-state index in [9.17, 15) is 4.79 Å². The zero-order chi connectivity index (χ0) is 22.1. The van der Waals surface area contributed by atoms with E-state index in [2.05, 4.69) is 15.6 Å². The Morgan fingerprint density at radius 1 is 1.19 bits per heavy atom. The molecule has 32 heavy (non-hydrogen) atoms. The summed E-state index contributed by atoms with van der Waals surface area (Å²) >= 11 is 6.35. The number of aryl methyl sites for hydroxylation is 1. The van der Waals surface area contributed by atoms with Gasteiger partial charge in [-0.15, -0.1) is 0 Å². The van der Waals surface area contributed by atoms with E-state index in [-0.39, 0.29) is 11.9 Å². The van der Waals surface area contributed by atoms with Crippen LogP contribution >= 0.6 is 11.6 Å². The number of hydrogen-bond donors (Lipinski definition) is 1. The van der Waals surface area contributed by atoms with Crippen LogP contribution in [-0.4, -0.2) is 20.8 Å². The third-order valence-electron chi connectivity index (χ3n) is 5.98. The number of halogens is 1. The molecule has 7 heteroatoms. The lowest BCUT2D eigenvalue weighted by Gasteiger charge is -2.24. The molecular formula is C25H23ClN4O2. The summed E-state index contributed by atoms with van der Waals surface area (Å²) in [6.07, 6.45) is 4.63. The molecular weight excluding hydrogens is 424 g/mol. The fourth-order valence-corrected chi connectivity index (χ4v) is 4.55. The second-order valence-electron chi connectivity index (χ2n) is 8.04. The van der Waals surface area contributed by atoms with E-state index in [0.717, 1.165) is 46.7 Å². The van der Waals surface area contributed by atoms with Crippen molar-refractivity contribution in [1.82, 2.24) is 20.3 Å². The van der Waals surface area contributed by atoms with Crippen LogP contribution in [0.4, 0.5) is 0 Å². The van der Waals surface area contributed by atoms with Crippen LogP contribution in [-0.2, 0) is 13.0 Å². The van der Waals surface area contributed by atoms with Crippen molar-refractivity contribution in [3.63, 3.8) is 0 Å². The monoisotopic (exact) mass is 446 g/mol. The van der Waals surface area contributed by atoms with E-state index < -0.39 is 0 Å². The topological polar surface area (TPSA) is 73.0 Å². The molecule has 5 rings (SSSR count). The third-order valence-corrected chi connectivity index (χ3v) is 6.35. The lowest BCUT2D eigenvalue weighted by atomic mass is 9.92. The third kappa shape index (κ3) is 3.82. The van der Waals surface area contributed by atoms with Crippen molar-refractivity contribution in [3.8, 4) is 11.3 Å². The molecule has 4 aromatic rings. The molecule has 1 aliphatic carbocycles. The fraction of sp³-hybridized carbons (Fsp3) is 0.240. The number of hydrogen-bond acceptors (Lipinski definition) is 4. The first-order valence-electron chi connectivity index (χ1n) is 10.7. The average Bonchev–Trinajstić information content (AvgIpc) is 3.40. The number of amides is 1. The molecule has 0 bridgehead atoms. The summed E-state index contributed by atoms with van der Waals surface area (Å²) in [7, 11) is 0. The van der Waals surface area contributed by atoms with Crippen molar-refractivity contribution in [2.75, 3.05) is 0 Å². The van der Waals surface area contributed by atoms with Gasteiger partial charge in [0.15, 0.2) is 0 Å². The Kier molecular flexibility index (Phi) is 5.53. The lowest BCUT2D eigenvalue weighted by Crippen LogP contribution is -2.31. The molecule has 0 saturated heterocycles. The summed E-state index contributed by atoms with van der Waals surface area (Å²) in [5.74, 6) is 0.325. The van der Waals surface area contributed by atoms with Crippen LogP contribution in [0.1, 0.15) is 51.8 Å². The Hall–Kier alpha value is -3.38. The summed E-state index contributed by atoms with van der Waals surface area (Å²) in [5, 5.41) is 12.7. The zero-order valence-corrected chi connectivity index (χ0v) is 18.5. The molecule has 1 atom stereocenters. The first kappa shape index (κ1) is 20.5. The molecule has 1 N–H and O–H groups in total. The Bertz CT molecular complexity index is 1260. The van der Waals surface area contributed by atoms with Crippen molar-refractivity contribution >= 4 is 17.5 Å². The molecule has 6 nitrogen and oxygen atoms in total. The summed E-state index contributed by atoms with van der Waals surface area (Å²) in [6, 6.07) is 17.3. The highest BCUT2D eigenvalue weighted by Gasteiger charge is 2.29. The standard InChI is InChI=1S/C25H23ClN4O2/c1-16-23(24(29-32-16)17-8-3-2-4-9-17)25(31)28-21-12-7-13-22-19(21)14-27-30(22)15-18-10-5-6-11-20(18)26/h2-6,8-11,14,21H,7,12-13,15H2,1H3,(H,28,31)/t21-/m0/s1. The van der Waals surface area contributed by atoms with Crippen molar-refractivity contribution in [3.05, 3.63) is 94.0 Å². The molecule has 0 aliphatic heterocycles. The second-order valence-corrected chi connectivity index (χ2v) is 8.45. The predicted molar refractivity (Wildman–Crippen MR) is 123 cm³/mol. The molecule has 1 aliphatic rings. The van der Waals surface area contributed by atoms with Crippen LogP contribution in [0.15, 0.2) is 65.3 Å². The van der Waals surface area contributed by atoms with Crippen molar-refractivity contribution < 1.29 is 9.32 Å². The molecule has 0 spiro atoms. The van der Waals surface area contributed by atoms with Gasteiger partial charge < -0.3 is 9.84 Å². The molecule has 1 amide bonds. The highest BCUT2D eigenvalue weighted by Crippen LogP contribution is 2.32. The van der Waals surface area contributed by atoms with Crippen molar-refractivity contribution in [1.29, 1.82) is 0 Å². The van der Waals surface area contributed by atoms with Crippen LogP contribution in [0.5, 0.6) is 0 Å². The van der Waals surface area contributed by atoms with Crippen molar-refractivity contribution in [2.45, 2.75) is 38.8 Å². The normalized spacial score (nSPS) is 15.4. The van der Waals surface area contributed by atoms with Gasteiger partial charge >= 0.3 is 0 Å². The molecule has 2 aromatic heterocycles. The van der Waals surface area contributed by atoms with E-state index in [1.807, 2.05) is 65.5 Å². The first-order chi connectivity index (χ1) is 15.6. The largest absolute Gasteiger partial charge is 0.360 e. The van der Waals surface area contributed by atoms with Gasteiger partial charge in [-0.1, -0.05) is 65.3 Å². The molecule has 2 aromatic carbocycles. The van der Waals surface area contributed by atoms with Gasteiger partial charge in [-0.05, 0) is 37.8 Å². The number of rotatable bonds is 5. The molecule has 2 heterocycles. The number of carbonyl (C=O) groups is 1. The van der Waals surface area contributed by atoms with E-state index in [1.54, 1.807) is 6.92 Å². The van der Waals surface area contributed by atoms with Gasteiger partial charge in [0.2, 0.25) is 0 Å². The van der Waals surface area contributed by atoms with Crippen molar-refractivity contribution in [2.24, 2.45) is 0 Å². The maximum atomic E-state index is 13.3. The smallest absolute Gasteiger partial charge is 0.257 e. The fourth-order valence-electron chi connectivity index (χ4n) is 4.36. The maximum absolute atomic E-state index is 13.3. The number of carbonyl (C=O) groups excluding carboxylic acids is 1. The SMILES string of the molecule is Cc1onc(-c2ccccc2)c1C(=O)N[C@H]1CCCc2c1cnn2Cc1ccccc1Cl. The van der Waals surface area contributed by atoms with Gasteiger partial charge in [-0.2, -0.15) is 5.10 Å². The van der Waals surface area contributed by atoms with E-state index >= 15 is 0 Å². The molecule has 0 fully saturated rings. The Labute approximate surface area is 191 Å². The van der Waals surface area contributed by atoms with Crippen LogP contribution < -0.4 is 5.32 Å². The highest BCUT2D eigenvalue weighted by atomic mass is 35.5. The number of aromatic nitrogens is 3. The van der Waals surface area contributed by atoms with E-state index in [1.165, 1.54) is 0 Å². The average molecular weight is 447 g/mol. The minimum absolute atomic E-state index is 0.107. The summed E-state index contributed by atoms with van der Waals surface area (Å²) in [4.78, 5) is 13.3. The van der Waals surface area contributed by atoms with Gasteiger partial charge in [-0.3, -0.25) is 9.48 Å². The number of fused-ring (bicyclic) bond motifs is 1. The second kappa shape index (κ2) is 8.63. The summed E-state index contributed by atoms with van der Waals surface area (Å²) in [6.45, 7) is 2.38. The van der Waals surface area contributed by atoms with E-state index in [4.69, 9.17) is 16.1 Å². The van der Waals surface area contributed by atoms with Gasteiger partial charge in [-0.25, -0.2) is 0 Å². The zero-order valence-electron chi connectivity index (χ0n) is 17.7. The molecule has 0 saturated carbocycles. The number of nitrogens with one attached hydrogen (secondary N) is 1. The molecule has 162 valence electrons.